The van der Waals surface area contributed by atoms with Gasteiger partial charge in [-0.05, 0) is 62.5 Å². The highest BCUT2D eigenvalue weighted by molar-refractivity contribution is 7.28. The van der Waals surface area contributed by atoms with Crippen LogP contribution in [0.4, 0.5) is 0 Å². The number of hydrogen-bond donors (Lipinski definition) is 0. The Morgan fingerprint density at radius 2 is 1.78 bits per heavy atom. The lowest BCUT2D eigenvalue weighted by molar-refractivity contribution is 0.225. The van der Waals surface area contributed by atoms with Crippen LogP contribution in [0.3, 0.4) is 0 Å². The van der Waals surface area contributed by atoms with E-state index in [1.807, 2.05) is 11.3 Å². The molecule has 0 radical (unpaired) electrons. The average Bonchev–Trinajstić information content (AvgIpc) is 2.78. The van der Waals surface area contributed by atoms with Crippen molar-refractivity contribution >= 4 is 32.1 Å². The topological polar surface area (TPSA) is 0 Å². The molecule has 2 heteroatoms. The van der Waals surface area contributed by atoms with Crippen LogP contribution in [0.15, 0.2) is 6.07 Å². The molecule has 0 amide bonds. The van der Waals surface area contributed by atoms with Crippen molar-refractivity contribution in [3.05, 3.63) is 21.4 Å². The van der Waals surface area contributed by atoms with Crippen molar-refractivity contribution < 1.29 is 0 Å². The van der Waals surface area contributed by atoms with Crippen molar-refractivity contribution in [1.29, 1.82) is 0 Å². The predicted octanol–water partition coefficient (Wildman–Crippen LogP) is 6.26. The van der Waals surface area contributed by atoms with E-state index in [9.17, 15) is 0 Å². The van der Waals surface area contributed by atoms with E-state index in [4.69, 9.17) is 0 Å². The van der Waals surface area contributed by atoms with Gasteiger partial charge in [0.2, 0.25) is 0 Å². The van der Waals surface area contributed by atoms with E-state index in [0.717, 1.165) is 5.92 Å². The summed E-state index contributed by atoms with van der Waals surface area (Å²) in [4.78, 5) is 3.14. The van der Waals surface area contributed by atoms with Crippen LogP contribution >= 0.6 is 22.7 Å². The number of thiophene rings is 2. The Morgan fingerprint density at radius 1 is 1.11 bits per heavy atom. The van der Waals surface area contributed by atoms with E-state index in [0.29, 0.717) is 5.41 Å². The highest BCUT2D eigenvalue weighted by Crippen LogP contribution is 2.48. The summed E-state index contributed by atoms with van der Waals surface area (Å²) >= 11 is 4.04. The molecule has 1 aliphatic rings. The number of rotatable bonds is 1. The van der Waals surface area contributed by atoms with Gasteiger partial charge in [-0.2, -0.15) is 0 Å². The normalized spacial score (nSPS) is 20.7. The first-order chi connectivity index (χ1) is 8.46. The van der Waals surface area contributed by atoms with Gasteiger partial charge in [0.1, 0.15) is 0 Å². The molecule has 3 rings (SSSR count). The molecule has 2 heterocycles. The second kappa shape index (κ2) is 4.35. The molecular formula is C16H22S2. The molecule has 1 saturated carbocycles. The summed E-state index contributed by atoms with van der Waals surface area (Å²) in [5.74, 6) is 0.836. The highest BCUT2D eigenvalue weighted by atomic mass is 32.1. The van der Waals surface area contributed by atoms with Crippen LogP contribution in [0, 0.1) is 19.3 Å². The Balaban J connectivity index is 1.91. The van der Waals surface area contributed by atoms with Crippen molar-refractivity contribution in [3.63, 3.8) is 0 Å². The molecule has 0 atom stereocenters. The summed E-state index contributed by atoms with van der Waals surface area (Å²) in [7, 11) is 0. The summed E-state index contributed by atoms with van der Waals surface area (Å²) in [6.07, 6.45) is 5.56. The largest absolute Gasteiger partial charge is 0.139 e. The van der Waals surface area contributed by atoms with Gasteiger partial charge in [0.25, 0.3) is 0 Å². The molecule has 2 aromatic rings. The van der Waals surface area contributed by atoms with Gasteiger partial charge < -0.3 is 0 Å². The minimum absolute atomic E-state index is 0.579. The lowest BCUT2D eigenvalue weighted by Gasteiger charge is -2.34. The van der Waals surface area contributed by atoms with Crippen LogP contribution in [0.2, 0.25) is 0 Å². The maximum Gasteiger partial charge on any atom is 0.0485 e. The number of hydrogen-bond acceptors (Lipinski definition) is 2. The Kier molecular flexibility index (Phi) is 3.06. The fourth-order valence-corrected chi connectivity index (χ4v) is 5.87. The van der Waals surface area contributed by atoms with E-state index in [1.54, 1.807) is 15.1 Å². The van der Waals surface area contributed by atoms with E-state index >= 15 is 0 Å². The van der Waals surface area contributed by atoms with Crippen molar-refractivity contribution in [2.75, 3.05) is 0 Å². The van der Waals surface area contributed by atoms with Crippen molar-refractivity contribution in [1.82, 2.24) is 0 Å². The second-order valence-corrected chi connectivity index (χ2v) is 8.92. The fraction of sp³-hybridized carbons (Fsp3) is 0.625. The second-order valence-electron chi connectivity index (χ2n) is 6.58. The molecule has 98 valence electrons. The molecule has 18 heavy (non-hydrogen) atoms. The van der Waals surface area contributed by atoms with Crippen LogP contribution in [-0.2, 0) is 0 Å². The van der Waals surface area contributed by atoms with Gasteiger partial charge in [0.05, 0.1) is 0 Å². The zero-order chi connectivity index (χ0) is 12.9. The Bertz CT molecular complexity index is 561. The lowest BCUT2D eigenvalue weighted by Crippen LogP contribution is -2.20. The fourth-order valence-electron chi connectivity index (χ4n) is 3.19. The van der Waals surface area contributed by atoms with Crippen LogP contribution in [0.5, 0.6) is 0 Å². The summed E-state index contributed by atoms with van der Waals surface area (Å²) in [5.41, 5.74) is 2.16. The van der Waals surface area contributed by atoms with E-state index in [-0.39, 0.29) is 0 Å². The molecule has 0 unspecified atom stereocenters. The average molecular weight is 278 g/mol. The summed E-state index contributed by atoms with van der Waals surface area (Å²) in [6, 6.07) is 2.37. The van der Waals surface area contributed by atoms with Crippen molar-refractivity contribution in [3.8, 4) is 0 Å². The van der Waals surface area contributed by atoms with Gasteiger partial charge in [-0.15, -0.1) is 22.7 Å². The lowest BCUT2D eigenvalue weighted by atomic mass is 9.72. The minimum atomic E-state index is 0.579. The number of aryl methyl sites for hydroxylation is 2. The smallest absolute Gasteiger partial charge is 0.0485 e. The van der Waals surface area contributed by atoms with Gasteiger partial charge in [-0.25, -0.2) is 0 Å². The van der Waals surface area contributed by atoms with Crippen molar-refractivity contribution in [2.24, 2.45) is 5.41 Å². The SMILES string of the molecule is Cc1cc2sc(C3CCC(C)(C)CC3)c(C)c2s1. The summed E-state index contributed by atoms with van der Waals surface area (Å²) in [5, 5.41) is 0. The van der Waals surface area contributed by atoms with Crippen LogP contribution in [-0.4, -0.2) is 0 Å². The van der Waals surface area contributed by atoms with E-state index < -0.39 is 0 Å². The molecule has 0 aliphatic heterocycles. The maximum absolute atomic E-state index is 2.42. The zero-order valence-corrected chi connectivity index (χ0v) is 13.4. The van der Waals surface area contributed by atoms with Crippen molar-refractivity contribution in [2.45, 2.75) is 59.3 Å². The van der Waals surface area contributed by atoms with Gasteiger partial charge in [-0.1, -0.05) is 13.8 Å². The molecule has 2 aromatic heterocycles. The summed E-state index contributed by atoms with van der Waals surface area (Å²) < 4.78 is 3.08. The van der Waals surface area contributed by atoms with Gasteiger partial charge in [-0.3, -0.25) is 0 Å². The van der Waals surface area contributed by atoms with E-state index in [1.165, 1.54) is 35.3 Å². The Labute approximate surface area is 118 Å². The third-order valence-corrected chi connectivity index (χ3v) is 7.16. The molecular weight excluding hydrogens is 256 g/mol. The molecule has 0 nitrogen and oxygen atoms in total. The first kappa shape index (κ1) is 12.7. The Hall–Kier alpha value is -0.340. The maximum atomic E-state index is 2.42. The van der Waals surface area contributed by atoms with Gasteiger partial charge >= 0.3 is 0 Å². The molecule has 0 saturated heterocycles. The Morgan fingerprint density at radius 3 is 2.39 bits per heavy atom. The molecule has 0 bridgehead atoms. The van der Waals surface area contributed by atoms with Gasteiger partial charge in [0, 0.05) is 19.2 Å². The van der Waals surface area contributed by atoms with Crippen LogP contribution < -0.4 is 0 Å². The van der Waals surface area contributed by atoms with Crippen LogP contribution in [0.25, 0.3) is 9.40 Å². The first-order valence-corrected chi connectivity index (χ1v) is 8.59. The standard InChI is InChI=1S/C16H22S2/c1-10-9-13-15(17-10)11(2)14(18-13)12-5-7-16(3,4)8-6-12/h9,12H,5-8H2,1-4H3. The molecule has 0 aromatic carbocycles. The quantitative estimate of drug-likeness (QED) is 0.577. The molecule has 0 N–H and O–H groups in total. The third kappa shape index (κ3) is 2.14. The molecule has 0 spiro atoms. The number of fused-ring (bicyclic) bond motifs is 1. The van der Waals surface area contributed by atoms with Gasteiger partial charge in [0.15, 0.2) is 0 Å². The summed E-state index contributed by atoms with van der Waals surface area (Å²) in [6.45, 7) is 9.41. The predicted molar refractivity (Wildman–Crippen MR) is 84.2 cm³/mol. The minimum Gasteiger partial charge on any atom is -0.139 e. The third-order valence-electron chi connectivity index (χ3n) is 4.46. The monoisotopic (exact) mass is 278 g/mol. The molecule has 1 aliphatic carbocycles. The highest BCUT2D eigenvalue weighted by Gasteiger charge is 2.29. The van der Waals surface area contributed by atoms with Crippen LogP contribution in [0.1, 0.15) is 60.8 Å². The van der Waals surface area contributed by atoms with E-state index in [2.05, 4.69) is 45.1 Å². The first-order valence-electron chi connectivity index (χ1n) is 6.96. The molecule has 1 fully saturated rings. The zero-order valence-electron chi connectivity index (χ0n) is 11.8.